The zero-order valence-electron chi connectivity index (χ0n) is 20.5. The predicted octanol–water partition coefficient (Wildman–Crippen LogP) is 8.10. The third-order valence-corrected chi connectivity index (χ3v) is 5.05. The van der Waals surface area contributed by atoms with Crippen LogP contribution in [0.2, 0.25) is 0 Å². The molecule has 4 heteroatoms. The van der Waals surface area contributed by atoms with Gasteiger partial charge in [0.1, 0.15) is 0 Å². The van der Waals surface area contributed by atoms with Crippen LogP contribution in [-0.4, -0.2) is 23.1 Å². The number of esters is 1. The molecule has 0 saturated carbocycles. The van der Waals surface area contributed by atoms with Gasteiger partial charge in [0.15, 0.2) is 0 Å². The Balaban J connectivity index is 3.44. The fraction of sp³-hybridized carbons (Fsp3) is 0.643. The van der Waals surface area contributed by atoms with Crippen molar-refractivity contribution < 1.29 is 19.4 Å². The van der Waals surface area contributed by atoms with Crippen LogP contribution in [0.25, 0.3) is 0 Å². The molecule has 4 nitrogen and oxygen atoms in total. The van der Waals surface area contributed by atoms with Gasteiger partial charge in [-0.3, -0.25) is 9.59 Å². The SMILES string of the molecule is CC/C=C\C/C=C\C/C=C\C/C=C\CCCCCCCCC(=O)OC(C)CCCC(=O)O. The number of rotatable bonds is 21. The van der Waals surface area contributed by atoms with Crippen LogP contribution in [-0.2, 0) is 14.3 Å². The molecule has 1 unspecified atom stereocenters. The van der Waals surface area contributed by atoms with Crippen molar-refractivity contribution >= 4 is 11.9 Å². The molecule has 0 aliphatic heterocycles. The van der Waals surface area contributed by atoms with Crippen LogP contribution in [0.4, 0.5) is 0 Å². The lowest BCUT2D eigenvalue weighted by Gasteiger charge is -2.12. The summed E-state index contributed by atoms with van der Waals surface area (Å²) in [6, 6.07) is 0. The lowest BCUT2D eigenvalue weighted by Crippen LogP contribution is -2.15. The lowest BCUT2D eigenvalue weighted by molar-refractivity contribution is -0.148. The Morgan fingerprint density at radius 1 is 0.719 bits per heavy atom. The molecule has 0 aliphatic rings. The second-order valence-electron chi connectivity index (χ2n) is 8.25. The number of hydrogen-bond acceptors (Lipinski definition) is 3. The Morgan fingerprint density at radius 2 is 1.25 bits per heavy atom. The minimum Gasteiger partial charge on any atom is -0.481 e. The van der Waals surface area contributed by atoms with Gasteiger partial charge in [-0.05, 0) is 64.7 Å². The van der Waals surface area contributed by atoms with E-state index in [9.17, 15) is 9.59 Å². The van der Waals surface area contributed by atoms with Gasteiger partial charge in [0.25, 0.3) is 0 Å². The van der Waals surface area contributed by atoms with Gasteiger partial charge >= 0.3 is 11.9 Å². The first kappa shape index (κ1) is 29.9. The highest BCUT2D eigenvalue weighted by Gasteiger charge is 2.09. The second-order valence-corrected chi connectivity index (χ2v) is 8.25. The maximum Gasteiger partial charge on any atom is 0.306 e. The van der Waals surface area contributed by atoms with Crippen molar-refractivity contribution in [3.63, 3.8) is 0 Å². The van der Waals surface area contributed by atoms with E-state index in [1.54, 1.807) is 0 Å². The summed E-state index contributed by atoms with van der Waals surface area (Å²) in [5.41, 5.74) is 0. The maximum absolute atomic E-state index is 11.8. The smallest absolute Gasteiger partial charge is 0.306 e. The maximum atomic E-state index is 11.8. The molecule has 0 spiro atoms. The normalized spacial score (nSPS) is 13.1. The van der Waals surface area contributed by atoms with E-state index in [2.05, 4.69) is 55.5 Å². The Kier molecular flexibility index (Phi) is 22.0. The minimum atomic E-state index is -0.804. The highest BCUT2D eigenvalue weighted by atomic mass is 16.5. The van der Waals surface area contributed by atoms with Crippen molar-refractivity contribution in [2.75, 3.05) is 0 Å². The molecule has 0 heterocycles. The van der Waals surface area contributed by atoms with Gasteiger partial charge in [-0.15, -0.1) is 0 Å². The van der Waals surface area contributed by atoms with Crippen LogP contribution in [0.3, 0.4) is 0 Å². The van der Waals surface area contributed by atoms with Crippen molar-refractivity contribution in [1.82, 2.24) is 0 Å². The molecular weight excluding hydrogens is 400 g/mol. The average Bonchev–Trinajstić information content (AvgIpc) is 2.75. The van der Waals surface area contributed by atoms with Crippen molar-refractivity contribution in [2.24, 2.45) is 0 Å². The van der Waals surface area contributed by atoms with Crippen molar-refractivity contribution in [3.8, 4) is 0 Å². The van der Waals surface area contributed by atoms with Gasteiger partial charge in [-0.1, -0.05) is 81.2 Å². The first-order chi connectivity index (χ1) is 15.6. The molecule has 0 bridgehead atoms. The number of carbonyl (C=O) groups excluding carboxylic acids is 1. The Hall–Kier alpha value is -2.10. The molecule has 0 saturated heterocycles. The molecule has 0 amide bonds. The minimum absolute atomic E-state index is 0.129. The van der Waals surface area contributed by atoms with Crippen molar-refractivity contribution in [1.29, 1.82) is 0 Å². The molecule has 0 aliphatic carbocycles. The first-order valence-corrected chi connectivity index (χ1v) is 12.6. The van der Waals surface area contributed by atoms with E-state index in [1.165, 1.54) is 19.3 Å². The molecule has 0 aromatic carbocycles. The standard InChI is InChI=1S/C28H46O4/c1-3-4-5-6-7-8-9-10-11-12-13-14-15-16-17-18-19-20-21-25-28(31)32-26(2)23-22-24-27(29)30/h4-5,7-8,10-11,13-14,26H,3,6,9,12,15-25H2,1-2H3,(H,29,30)/b5-4-,8-7-,11-10-,14-13-. The van der Waals surface area contributed by atoms with Gasteiger partial charge in [-0.2, -0.15) is 0 Å². The second kappa shape index (κ2) is 23.6. The molecule has 0 rings (SSSR count). The van der Waals surface area contributed by atoms with E-state index in [0.29, 0.717) is 19.3 Å². The van der Waals surface area contributed by atoms with E-state index < -0.39 is 5.97 Å². The molecule has 0 aromatic heterocycles. The summed E-state index contributed by atoms with van der Waals surface area (Å²) >= 11 is 0. The summed E-state index contributed by atoms with van der Waals surface area (Å²) in [4.78, 5) is 22.3. The Bertz CT molecular complexity index is 572. The van der Waals surface area contributed by atoms with Crippen LogP contribution in [0.1, 0.15) is 110 Å². The predicted molar refractivity (Wildman–Crippen MR) is 135 cm³/mol. The molecule has 0 fully saturated rings. The van der Waals surface area contributed by atoms with Crippen LogP contribution >= 0.6 is 0 Å². The zero-order chi connectivity index (χ0) is 23.7. The first-order valence-electron chi connectivity index (χ1n) is 12.6. The Labute approximate surface area is 196 Å². The van der Waals surface area contributed by atoms with Crippen molar-refractivity contribution in [3.05, 3.63) is 48.6 Å². The number of aliphatic carboxylic acids is 1. The molecule has 32 heavy (non-hydrogen) atoms. The van der Waals surface area contributed by atoms with Gasteiger partial charge in [-0.25, -0.2) is 0 Å². The molecule has 1 N–H and O–H groups in total. The Morgan fingerprint density at radius 3 is 1.84 bits per heavy atom. The van der Waals surface area contributed by atoms with E-state index in [4.69, 9.17) is 9.84 Å². The van der Waals surface area contributed by atoms with Crippen molar-refractivity contribution in [2.45, 2.75) is 116 Å². The van der Waals surface area contributed by atoms with E-state index in [-0.39, 0.29) is 18.5 Å². The van der Waals surface area contributed by atoms with E-state index >= 15 is 0 Å². The number of ether oxygens (including phenoxy) is 1. The fourth-order valence-electron chi connectivity index (χ4n) is 3.22. The molecule has 1 atom stereocenters. The highest BCUT2D eigenvalue weighted by molar-refractivity contribution is 5.69. The topological polar surface area (TPSA) is 63.6 Å². The van der Waals surface area contributed by atoms with Gasteiger partial charge in [0, 0.05) is 12.8 Å². The van der Waals surface area contributed by atoms with Crippen LogP contribution in [0, 0.1) is 0 Å². The third kappa shape index (κ3) is 24.2. The lowest BCUT2D eigenvalue weighted by atomic mass is 10.1. The summed E-state index contributed by atoms with van der Waals surface area (Å²) in [5, 5.41) is 8.62. The summed E-state index contributed by atoms with van der Waals surface area (Å²) in [6.07, 6.45) is 31.5. The van der Waals surface area contributed by atoms with E-state index in [0.717, 1.165) is 51.4 Å². The van der Waals surface area contributed by atoms with Gasteiger partial charge in [0.05, 0.1) is 6.10 Å². The summed E-state index contributed by atoms with van der Waals surface area (Å²) in [6.45, 7) is 3.98. The van der Waals surface area contributed by atoms with Crippen LogP contribution in [0.5, 0.6) is 0 Å². The fourth-order valence-corrected chi connectivity index (χ4v) is 3.22. The van der Waals surface area contributed by atoms with Crippen LogP contribution in [0.15, 0.2) is 48.6 Å². The monoisotopic (exact) mass is 446 g/mol. The summed E-state index contributed by atoms with van der Waals surface area (Å²) in [7, 11) is 0. The molecule has 182 valence electrons. The van der Waals surface area contributed by atoms with E-state index in [1.807, 2.05) is 6.92 Å². The summed E-state index contributed by atoms with van der Waals surface area (Å²) < 4.78 is 5.32. The average molecular weight is 447 g/mol. The number of carbonyl (C=O) groups is 2. The number of carboxylic acids is 1. The number of allylic oxidation sites excluding steroid dienone is 8. The number of unbranched alkanes of at least 4 members (excludes halogenated alkanes) is 6. The van der Waals surface area contributed by atoms with Gasteiger partial charge < -0.3 is 9.84 Å². The highest BCUT2D eigenvalue weighted by Crippen LogP contribution is 2.11. The number of carboxylic acid groups (broad SMARTS) is 1. The summed E-state index contributed by atoms with van der Waals surface area (Å²) in [5.74, 6) is -0.964. The largest absolute Gasteiger partial charge is 0.481 e. The number of hydrogen-bond donors (Lipinski definition) is 1. The zero-order valence-corrected chi connectivity index (χ0v) is 20.5. The molecular formula is C28H46O4. The van der Waals surface area contributed by atoms with Crippen LogP contribution < -0.4 is 0 Å². The molecule has 0 radical (unpaired) electrons. The quantitative estimate of drug-likeness (QED) is 0.110. The third-order valence-electron chi connectivity index (χ3n) is 5.05. The van der Waals surface area contributed by atoms with Gasteiger partial charge in [0.2, 0.25) is 0 Å². The molecule has 0 aromatic rings.